The second-order valence-corrected chi connectivity index (χ2v) is 12.7. The topological polar surface area (TPSA) is 252 Å². The number of nitro groups is 1. The van der Waals surface area contributed by atoms with Crippen molar-refractivity contribution in [2.75, 3.05) is 4.72 Å². The number of fused-ring (bicyclic) bond motifs is 1. The number of non-ortho nitro benzene ring substituents is 1. The molecule has 0 saturated heterocycles. The van der Waals surface area contributed by atoms with Crippen LogP contribution in [0.25, 0.3) is 10.8 Å². The molecule has 3 aromatic rings. The van der Waals surface area contributed by atoms with Crippen LogP contribution < -0.4 is 4.72 Å². The second kappa shape index (κ2) is 8.48. The molecule has 0 aliphatic carbocycles. The maximum absolute atomic E-state index is 12.9. The lowest BCUT2D eigenvalue weighted by atomic mass is 10.1. The van der Waals surface area contributed by atoms with Gasteiger partial charge in [0.05, 0.1) is 25.3 Å². The normalized spacial score (nSPS) is 13.0. The fourth-order valence-corrected chi connectivity index (χ4v) is 6.00. The zero-order valence-corrected chi connectivity index (χ0v) is 19.9. The lowest BCUT2D eigenvalue weighted by molar-refractivity contribution is -0.385. The highest BCUT2D eigenvalue weighted by Gasteiger charge is 2.27. The minimum Gasteiger partial charge on any atom is -0.282 e. The van der Waals surface area contributed by atoms with Crippen LogP contribution in [-0.4, -0.2) is 52.3 Å². The molecule has 0 saturated carbocycles. The number of rotatable bonds is 7. The predicted molar refractivity (Wildman–Crippen MR) is 117 cm³/mol. The van der Waals surface area contributed by atoms with E-state index in [-0.39, 0.29) is 6.07 Å². The van der Waals surface area contributed by atoms with Crippen LogP contribution in [0.1, 0.15) is 0 Å². The molecule has 4 N–H and O–H groups in total. The molecule has 0 aliphatic heterocycles. The minimum atomic E-state index is -5.33. The summed E-state index contributed by atoms with van der Waals surface area (Å²) in [5, 5.41) is 9.57. The van der Waals surface area contributed by atoms with Gasteiger partial charge in [-0.2, -0.15) is 25.3 Å². The predicted octanol–water partition coefficient (Wildman–Crippen LogP) is 1.29. The second-order valence-electron chi connectivity index (χ2n) is 6.78. The van der Waals surface area contributed by atoms with Crippen molar-refractivity contribution < 1.29 is 52.3 Å². The Labute approximate surface area is 197 Å². The van der Waals surface area contributed by atoms with Crippen molar-refractivity contribution in [1.29, 1.82) is 0 Å². The van der Waals surface area contributed by atoms with E-state index in [2.05, 4.69) is 0 Å². The van der Waals surface area contributed by atoms with Gasteiger partial charge in [0.15, 0.2) is 0 Å². The maximum Gasteiger partial charge on any atom is 0.295 e. The van der Waals surface area contributed by atoms with Crippen molar-refractivity contribution >= 4 is 62.5 Å². The molecule has 15 nitrogen and oxygen atoms in total. The molecule has 3 rings (SSSR count). The van der Waals surface area contributed by atoms with Crippen LogP contribution in [0.5, 0.6) is 0 Å². The standard InChI is InChI=1S/C16H12N2O13S4/c19-18(20)10-2-1-3-11(6-10)32(21,22)17-14-7-12(33(23,24)25)4-9-5-13(34(26,27)28)8-15(16(9)14)35(29,30)31/h1-8,17H,(H,23,24,25)(H,26,27,28)(H,29,30,31). The lowest BCUT2D eigenvalue weighted by Crippen LogP contribution is -2.15. The molecule has 0 aromatic heterocycles. The monoisotopic (exact) mass is 568 g/mol. The van der Waals surface area contributed by atoms with Gasteiger partial charge in [-0.05, 0) is 35.7 Å². The number of nitrogens with one attached hydrogen (secondary N) is 1. The molecule has 0 heterocycles. The molecule has 0 bridgehead atoms. The number of nitrogens with zero attached hydrogens (tertiary/aromatic N) is 1. The van der Waals surface area contributed by atoms with E-state index in [1.165, 1.54) is 0 Å². The number of hydrogen-bond acceptors (Lipinski definition) is 10. The zero-order valence-electron chi connectivity index (χ0n) is 16.6. The molecule has 188 valence electrons. The van der Waals surface area contributed by atoms with Gasteiger partial charge in [0.1, 0.15) is 4.90 Å². The van der Waals surface area contributed by atoms with E-state index in [0.717, 1.165) is 18.2 Å². The first-order valence-corrected chi connectivity index (χ1v) is 14.4. The molecule has 0 atom stereocenters. The Morgan fingerprint density at radius 3 is 1.74 bits per heavy atom. The molecule has 0 fully saturated rings. The van der Waals surface area contributed by atoms with Crippen molar-refractivity contribution in [3.8, 4) is 0 Å². The van der Waals surface area contributed by atoms with Crippen LogP contribution in [0.15, 0.2) is 68.1 Å². The molecule has 0 amide bonds. The summed E-state index contributed by atoms with van der Waals surface area (Å²) < 4.78 is 126. The van der Waals surface area contributed by atoms with E-state index >= 15 is 0 Å². The number of nitro benzene ring substituents is 1. The van der Waals surface area contributed by atoms with Crippen LogP contribution in [0, 0.1) is 10.1 Å². The first-order chi connectivity index (χ1) is 15.8. The summed E-state index contributed by atoms with van der Waals surface area (Å²) in [5.41, 5.74) is -1.52. The molecular weight excluding hydrogens is 556 g/mol. The van der Waals surface area contributed by atoms with Gasteiger partial charge in [0, 0.05) is 17.5 Å². The van der Waals surface area contributed by atoms with Crippen molar-refractivity contribution in [3.05, 3.63) is 58.6 Å². The van der Waals surface area contributed by atoms with Gasteiger partial charge in [-0.25, -0.2) is 8.42 Å². The summed E-state index contributed by atoms with van der Waals surface area (Å²) in [6.07, 6.45) is 0. The molecule has 3 aromatic carbocycles. The average molecular weight is 569 g/mol. The van der Waals surface area contributed by atoms with Crippen LogP contribution in [-0.2, 0) is 40.4 Å². The van der Waals surface area contributed by atoms with Crippen LogP contribution in [0.4, 0.5) is 11.4 Å². The molecular formula is C16H12N2O13S4. The van der Waals surface area contributed by atoms with Crippen molar-refractivity contribution in [3.63, 3.8) is 0 Å². The number of sulfonamides is 1. The third-order valence-corrected chi connectivity index (χ3v) is 8.32. The minimum absolute atomic E-state index is 0.283. The molecule has 35 heavy (non-hydrogen) atoms. The van der Waals surface area contributed by atoms with E-state index in [4.69, 9.17) is 0 Å². The van der Waals surface area contributed by atoms with Gasteiger partial charge in [-0.1, -0.05) is 6.07 Å². The Bertz CT molecular complexity index is 1820. The zero-order chi connectivity index (χ0) is 26.6. The SMILES string of the molecule is O=[N+]([O-])c1cccc(S(=O)(=O)Nc2cc(S(=O)(=O)O)cc3cc(S(=O)(=O)O)cc(S(=O)(=O)O)c23)c1. The van der Waals surface area contributed by atoms with Gasteiger partial charge in [0.2, 0.25) is 0 Å². The highest BCUT2D eigenvalue weighted by Crippen LogP contribution is 2.36. The fourth-order valence-electron chi connectivity index (χ4n) is 2.97. The largest absolute Gasteiger partial charge is 0.295 e. The Balaban J connectivity index is 2.44. The Morgan fingerprint density at radius 1 is 0.714 bits per heavy atom. The Hall–Kier alpha value is -3.20. The van der Waals surface area contributed by atoms with E-state index < -0.39 is 87.0 Å². The van der Waals surface area contributed by atoms with E-state index in [1.807, 2.05) is 4.72 Å². The van der Waals surface area contributed by atoms with Gasteiger partial charge in [0.25, 0.3) is 46.1 Å². The number of hydrogen-bond donors (Lipinski definition) is 4. The highest BCUT2D eigenvalue weighted by molar-refractivity contribution is 7.92. The van der Waals surface area contributed by atoms with E-state index in [0.29, 0.717) is 24.3 Å². The van der Waals surface area contributed by atoms with Crippen LogP contribution in [0.2, 0.25) is 0 Å². The summed E-state index contributed by atoms with van der Waals surface area (Å²) in [6, 6.07) is 5.40. The molecule has 19 heteroatoms. The van der Waals surface area contributed by atoms with Crippen molar-refractivity contribution in [2.24, 2.45) is 0 Å². The third-order valence-electron chi connectivity index (χ3n) is 4.42. The highest BCUT2D eigenvalue weighted by atomic mass is 32.2. The van der Waals surface area contributed by atoms with Gasteiger partial charge in [-0.15, -0.1) is 0 Å². The van der Waals surface area contributed by atoms with Gasteiger partial charge < -0.3 is 0 Å². The lowest BCUT2D eigenvalue weighted by Gasteiger charge is -2.15. The van der Waals surface area contributed by atoms with Gasteiger partial charge in [-0.3, -0.25) is 28.5 Å². The summed E-state index contributed by atoms with van der Waals surface area (Å²) in [4.78, 5) is 5.96. The smallest absolute Gasteiger partial charge is 0.282 e. The first kappa shape index (κ1) is 26.4. The first-order valence-electron chi connectivity index (χ1n) is 8.62. The number of anilines is 1. The average Bonchev–Trinajstić information content (AvgIpc) is 2.70. The fraction of sp³-hybridized carbons (Fsp3) is 0. The molecule has 0 unspecified atom stereocenters. The van der Waals surface area contributed by atoms with Crippen LogP contribution >= 0.6 is 0 Å². The van der Waals surface area contributed by atoms with Gasteiger partial charge >= 0.3 is 0 Å². The molecule has 0 aliphatic rings. The summed E-state index contributed by atoms with van der Waals surface area (Å²) in [6.45, 7) is 0. The Kier molecular flexibility index (Phi) is 6.40. The Morgan fingerprint density at radius 2 is 1.26 bits per heavy atom. The molecule has 0 radical (unpaired) electrons. The van der Waals surface area contributed by atoms with E-state index in [9.17, 15) is 57.4 Å². The third kappa shape index (κ3) is 5.56. The molecule has 0 spiro atoms. The summed E-state index contributed by atoms with van der Waals surface area (Å²) in [7, 11) is -20.4. The quantitative estimate of drug-likeness (QED) is 0.178. The van der Waals surface area contributed by atoms with Crippen LogP contribution in [0.3, 0.4) is 0 Å². The van der Waals surface area contributed by atoms with Crippen molar-refractivity contribution in [1.82, 2.24) is 0 Å². The summed E-state index contributed by atoms with van der Waals surface area (Å²) >= 11 is 0. The number of benzene rings is 3. The summed E-state index contributed by atoms with van der Waals surface area (Å²) in [5.74, 6) is 0. The maximum atomic E-state index is 12.9. The van der Waals surface area contributed by atoms with E-state index in [1.54, 1.807) is 0 Å². The van der Waals surface area contributed by atoms with Crippen molar-refractivity contribution in [2.45, 2.75) is 19.6 Å².